The van der Waals surface area contributed by atoms with E-state index in [0.29, 0.717) is 28.6 Å². The van der Waals surface area contributed by atoms with Crippen LogP contribution >= 0.6 is 23.4 Å². The number of rotatable bonds is 5. The van der Waals surface area contributed by atoms with Gasteiger partial charge in [-0.25, -0.2) is 15.0 Å². The zero-order valence-corrected chi connectivity index (χ0v) is 12.1. The molecule has 0 saturated heterocycles. The van der Waals surface area contributed by atoms with Crippen LogP contribution in [0.2, 0.25) is 5.15 Å². The smallest absolute Gasteiger partial charge is 0.213 e. The Labute approximate surface area is 120 Å². The minimum absolute atomic E-state index is 0.425. The van der Waals surface area contributed by atoms with Gasteiger partial charge in [0.1, 0.15) is 11.0 Å². The summed E-state index contributed by atoms with van der Waals surface area (Å²) in [4.78, 5) is 12.5. The van der Waals surface area contributed by atoms with E-state index in [2.05, 4.69) is 20.3 Å². The molecule has 5 nitrogen and oxygen atoms in total. The van der Waals surface area contributed by atoms with Gasteiger partial charge >= 0.3 is 0 Å². The van der Waals surface area contributed by atoms with E-state index in [1.807, 2.05) is 18.4 Å². The molecule has 0 aromatic carbocycles. The van der Waals surface area contributed by atoms with Gasteiger partial charge in [0.25, 0.3) is 0 Å². The number of pyridine rings is 1. The van der Waals surface area contributed by atoms with Gasteiger partial charge in [0.05, 0.1) is 7.11 Å². The second-order valence-electron chi connectivity index (χ2n) is 3.62. The number of thioether (sulfide) groups is 1. The summed E-state index contributed by atoms with van der Waals surface area (Å²) in [6.45, 7) is 0.611. The maximum Gasteiger partial charge on any atom is 0.213 e. The highest BCUT2D eigenvalue weighted by Crippen LogP contribution is 2.18. The van der Waals surface area contributed by atoms with Crippen molar-refractivity contribution >= 4 is 29.2 Å². The Morgan fingerprint density at radius 1 is 1.37 bits per heavy atom. The van der Waals surface area contributed by atoms with Crippen LogP contribution in [0.25, 0.3) is 0 Å². The second-order valence-corrected chi connectivity index (χ2v) is 4.78. The third-order valence-electron chi connectivity index (χ3n) is 2.34. The summed E-state index contributed by atoms with van der Waals surface area (Å²) < 4.78 is 5.07. The third-order valence-corrected chi connectivity index (χ3v) is 3.08. The van der Waals surface area contributed by atoms with Crippen LogP contribution < -0.4 is 10.1 Å². The van der Waals surface area contributed by atoms with Gasteiger partial charge in [-0.2, -0.15) is 0 Å². The van der Waals surface area contributed by atoms with E-state index in [-0.39, 0.29) is 0 Å². The van der Waals surface area contributed by atoms with E-state index in [0.717, 1.165) is 5.56 Å². The molecule has 2 aromatic heterocycles. The second kappa shape index (κ2) is 6.58. The number of nitrogens with zero attached hydrogens (tertiary/aromatic N) is 3. The number of anilines is 1. The molecular weight excluding hydrogens is 284 g/mol. The highest BCUT2D eigenvalue weighted by molar-refractivity contribution is 7.98. The molecule has 100 valence electrons. The third kappa shape index (κ3) is 3.97. The quantitative estimate of drug-likeness (QED) is 0.520. The first-order valence-corrected chi connectivity index (χ1v) is 7.13. The maximum absolute atomic E-state index is 5.92. The molecule has 0 radical (unpaired) electrons. The molecule has 0 atom stereocenters. The first-order chi connectivity index (χ1) is 9.21. The number of ether oxygens (including phenoxy) is 1. The SMILES string of the molecule is COc1cc(CNc2cc(Cl)nc(SC)n2)ccn1. The van der Waals surface area contributed by atoms with Crippen LogP contribution in [0.1, 0.15) is 5.56 Å². The average Bonchev–Trinajstić information content (AvgIpc) is 2.44. The zero-order chi connectivity index (χ0) is 13.7. The summed E-state index contributed by atoms with van der Waals surface area (Å²) in [6, 6.07) is 5.47. The molecule has 19 heavy (non-hydrogen) atoms. The van der Waals surface area contributed by atoms with Crippen molar-refractivity contribution < 1.29 is 4.74 Å². The van der Waals surface area contributed by atoms with E-state index in [1.165, 1.54) is 11.8 Å². The van der Waals surface area contributed by atoms with Gasteiger partial charge in [0, 0.05) is 24.9 Å². The fourth-order valence-electron chi connectivity index (χ4n) is 1.44. The molecule has 0 aliphatic rings. The lowest BCUT2D eigenvalue weighted by molar-refractivity contribution is 0.397. The van der Waals surface area contributed by atoms with Crippen LogP contribution in [0.3, 0.4) is 0 Å². The van der Waals surface area contributed by atoms with Crippen molar-refractivity contribution in [3.63, 3.8) is 0 Å². The minimum atomic E-state index is 0.425. The van der Waals surface area contributed by atoms with Gasteiger partial charge in [0.15, 0.2) is 5.16 Å². The van der Waals surface area contributed by atoms with Crippen molar-refractivity contribution in [3.8, 4) is 5.88 Å². The number of halogens is 1. The Morgan fingerprint density at radius 2 is 2.21 bits per heavy atom. The van der Waals surface area contributed by atoms with Crippen molar-refractivity contribution in [2.45, 2.75) is 11.7 Å². The molecule has 2 aromatic rings. The van der Waals surface area contributed by atoms with Crippen molar-refractivity contribution in [1.29, 1.82) is 0 Å². The lowest BCUT2D eigenvalue weighted by Gasteiger charge is -2.07. The van der Waals surface area contributed by atoms with Gasteiger partial charge in [-0.3, -0.25) is 0 Å². The van der Waals surface area contributed by atoms with Crippen molar-refractivity contribution in [2.75, 3.05) is 18.7 Å². The summed E-state index contributed by atoms with van der Waals surface area (Å²) in [5.41, 5.74) is 1.05. The Kier molecular flexibility index (Phi) is 4.81. The molecule has 0 bridgehead atoms. The van der Waals surface area contributed by atoms with Gasteiger partial charge in [0.2, 0.25) is 5.88 Å². The normalized spacial score (nSPS) is 10.3. The number of aromatic nitrogens is 3. The van der Waals surface area contributed by atoms with Gasteiger partial charge in [-0.15, -0.1) is 0 Å². The van der Waals surface area contributed by atoms with Gasteiger partial charge < -0.3 is 10.1 Å². The van der Waals surface area contributed by atoms with E-state index in [9.17, 15) is 0 Å². The molecule has 1 N–H and O–H groups in total. The summed E-state index contributed by atoms with van der Waals surface area (Å²) in [5, 5.41) is 4.26. The van der Waals surface area contributed by atoms with E-state index < -0.39 is 0 Å². The lowest BCUT2D eigenvalue weighted by Crippen LogP contribution is -2.03. The first kappa shape index (κ1) is 13.9. The molecule has 2 rings (SSSR count). The fourth-order valence-corrected chi connectivity index (χ4v) is 2.06. The summed E-state index contributed by atoms with van der Waals surface area (Å²) in [6.07, 6.45) is 3.61. The Bertz CT molecular complexity index is 567. The van der Waals surface area contributed by atoms with Crippen LogP contribution in [-0.2, 0) is 6.54 Å². The van der Waals surface area contributed by atoms with Gasteiger partial charge in [-0.05, 0) is 17.9 Å². The molecular formula is C12H13ClN4OS. The predicted molar refractivity (Wildman–Crippen MR) is 76.9 cm³/mol. The number of hydrogen-bond acceptors (Lipinski definition) is 6. The number of nitrogens with one attached hydrogen (secondary N) is 1. The van der Waals surface area contributed by atoms with Crippen LogP contribution in [0.5, 0.6) is 5.88 Å². The Hall–Kier alpha value is -1.53. The van der Waals surface area contributed by atoms with Gasteiger partial charge in [-0.1, -0.05) is 23.4 Å². The average molecular weight is 297 g/mol. The Morgan fingerprint density at radius 3 is 2.95 bits per heavy atom. The molecule has 0 saturated carbocycles. The molecule has 0 amide bonds. The minimum Gasteiger partial charge on any atom is -0.481 e. The predicted octanol–water partition coefficient (Wildman–Crippen LogP) is 2.87. The topological polar surface area (TPSA) is 59.9 Å². The highest BCUT2D eigenvalue weighted by atomic mass is 35.5. The molecule has 0 aliphatic heterocycles. The van der Waals surface area contributed by atoms with E-state index in [4.69, 9.17) is 16.3 Å². The Balaban J connectivity index is 2.07. The highest BCUT2D eigenvalue weighted by Gasteiger charge is 2.03. The standard InChI is InChI=1S/C12H13ClN4OS/c1-18-11-5-8(3-4-14-11)7-15-10-6-9(13)16-12(17-10)19-2/h3-6H,7H2,1-2H3,(H,15,16,17). The number of hydrogen-bond donors (Lipinski definition) is 1. The summed E-state index contributed by atoms with van der Waals surface area (Å²) in [7, 11) is 1.59. The van der Waals surface area contributed by atoms with E-state index in [1.54, 1.807) is 19.4 Å². The van der Waals surface area contributed by atoms with Crippen molar-refractivity contribution in [3.05, 3.63) is 35.1 Å². The first-order valence-electron chi connectivity index (χ1n) is 5.52. The molecule has 0 aliphatic carbocycles. The lowest BCUT2D eigenvalue weighted by atomic mass is 10.2. The fraction of sp³-hybridized carbons (Fsp3) is 0.250. The summed E-state index contributed by atoms with van der Waals surface area (Å²) >= 11 is 7.37. The number of methoxy groups -OCH3 is 1. The molecule has 7 heteroatoms. The van der Waals surface area contributed by atoms with E-state index >= 15 is 0 Å². The summed E-state index contributed by atoms with van der Waals surface area (Å²) in [5.74, 6) is 1.28. The zero-order valence-electron chi connectivity index (χ0n) is 10.6. The van der Waals surface area contributed by atoms with Crippen LogP contribution in [0.15, 0.2) is 29.6 Å². The van der Waals surface area contributed by atoms with Crippen LogP contribution in [0.4, 0.5) is 5.82 Å². The monoisotopic (exact) mass is 296 g/mol. The largest absolute Gasteiger partial charge is 0.481 e. The molecule has 0 unspecified atom stereocenters. The molecule has 0 fully saturated rings. The molecule has 0 spiro atoms. The van der Waals surface area contributed by atoms with Crippen LogP contribution in [-0.4, -0.2) is 28.3 Å². The molecule has 2 heterocycles. The maximum atomic E-state index is 5.92. The van der Waals surface area contributed by atoms with Crippen molar-refractivity contribution in [2.24, 2.45) is 0 Å². The van der Waals surface area contributed by atoms with Crippen molar-refractivity contribution in [1.82, 2.24) is 15.0 Å². The van der Waals surface area contributed by atoms with Crippen LogP contribution in [0, 0.1) is 0 Å².